The molecular weight excluding hydrogens is 367 g/mol. The molecule has 0 bridgehead atoms. The third kappa shape index (κ3) is 6.12. The number of hydrogen-bond acceptors (Lipinski definition) is 3. The lowest BCUT2D eigenvalue weighted by Crippen LogP contribution is -2.38. The molecule has 2 aromatic carbocycles. The Bertz CT molecular complexity index is 841. The summed E-state index contributed by atoms with van der Waals surface area (Å²) in [6, 6.07) is 12.6. The van der Waals surface area contributed by atoms with Crippen LogP contribution in [0.1, 0.15) is 5.56 Å². The lowest BCUT2D eigenvalue weighted by molar-refractivity contribution is -0.116. The standard InChI is InChI=1S/C17H18ClFN2O3S/c1-25(23,24)21(11-10-13-4-2-3-5-16(13)19)12-17(22)20-15-8-6-14(18)7-9-15/h2-9H,10-12H2,1H3,(H,20,22). The van der Waals surface area contributed by atoms with E-state index in [1.54, 1.807) is 42.5 Å². The summed E-state index contributed by atoms with van der Waals surface area (Å²) in [4.78, 5) is 12.1. The second-order valence-electron chi connectivity index (χ2n) is 5.49. The number of hydrogen-bond donors (Lipinski definition) is 1. The van der Waals surface area contributed by atoms with Gasteiger partial charge in [0, 0.05) is 17.3 Å². The fourth-order valence-corrected chi connectivity index (χ4v) is 3.10. The van der Waals surface area contributed by atoms with Crippen LogP contribution in [-0.2, 0) is 21.2 Å². The molecule has 1 amide bonds. The third-order valence-corrected chi connectivity index (χ3v) is 5.01. The predicted octanol–water partition coefficient (Wildman–Crippen LogP) is 2.92. The Balaban J connectivity index is 2.01. The maximum Gasteiger partial charge on any atom is 0.239 e. The summed E-state index contributed by atoms with van der Waals surface area (Å²) in [6.45, 7) is -0.344. The number of halogens is 2. The zero-order valence-electron chi connectivity index (χ0n) is 13.6. The van der Waals surface area contributed by atoms with Gasteiger partial charge in [0.2, 0.25) is 15.9 Å². The monoisotopic (exact) mass is 384 g/mol. The van der Waals surface area contributed by atoms with Crippen LogP contribution in [0.5, 0.6) is 0 Å². The molecule has 1 N–H and O–H groups in total. The molecule has 134 valence electrons. The summed E-state index contributed by atoms with van der Waals surface area (Å²) in [6.07, 6.45) is 1.19. The molecule has 0 saturated heterocycles. The molecule has 0 radical (unpaired) electrons. The Labute approximate surface area is 151 Å². The molecule has 2 aromatic rings. The Morgan fingerprint density at radius 3 is 2.40 bits per heavy atom. The van der Waals surface area contributed by atoms with Crippen molar-refractivity contribution >= 4 is 33.2 Å². The van der Waals surface area contributed by atoms with E-state index in [1.165, 1.54) is 6.07 Å². The second kappa shape index (κ2) is 8.42. The van der Waals surface area contributed by atoms with Gasteiger partial charge in [0.25, 0.3) is 0 Å². The van der Waals surface area contributed by atoms with Gasteiger partial charge < -0.3 is 5.32 Å². The summed E-state index contributed by atoms with van der Waals surface area (Å²) < 4.78 is 38.5. The molecule has 0 spiro atoms. The quantitative estimate of drug-likeness (QED) is 0.798. The van der Waals surface area contributed by atoms with E-state index in [1.807, 2.05) is 0 Å². The summed E-state index contributed by atoms with van der Waals surface area (Å²) in [5, 5.41) is 3.13. The molecule has 2 rings (SSSR count). The molecule has 0 aliphatic rings. The SMILES string of the molecule is CS(=O)(=O)N(CCc1ccccc1F)CC(=O)Nc1ccc(Cl)cc1. The summed E-state index contributed by atoms with van der Waals surface area (Å²) in [5.41, 5.74) is 0.909. The van der Waals surface area contributed by atoms with E-state index < -0.39 is 21.7 Å². The molecule has 8 heteroatoms. The number of benzene rings is 2. The lowest BCUT2D eigenvalue weighted by Gasteiger charge is -2.19. The number of nitrogens with one attached hydrogen (secondary N) is 1. The highest BCUT2D eigenvalue weighted by atomic mass is 35.5. The highest BCUT2D eigenvalue weighted by Gasteiger charge is 2.20. The van der Waals surface area contributed by atoms with E-state index in [0.717, 1.165) is 10.6 Å². The first-order valence-electron chi connectivity index (χ1n) is 7.49. The average molecular weight is 385 g/mol. The molecule has 25 heavy (non-hydrogen) atoms. The molecule has 0 unspecified atom stereocenters. The number of nitrogens with zero attached hydrogens (tertiary/aromatic N) is 1. The molecule has 0 atom stereocenters. The normalized spacial score (nSPS) is 11.5. The Hall–Kier alpha value is -1.96. The van der Waals surface area contributed by atoms with Gasteiger partial charge in [-0.3, -0.25) is 4.79 Å². The number of amides is 1. The van der Waals surface area contributed by atoms with E-state index in [4.69, 9.17) is 11.6 Å². The Morgan fingerprint density at radius 1 is 1.16 bits per heavy atom. The first kappa shape index (κ1) is 19.4. The van der Waals surface area contributed by atoms with Crippen molar-refractivity contribution in [3.8, 4) is 0 Å². The van der Waals surface area contributed by atoms with Gasteiger partial charge in [-0.05, 0) is 42.3 Å². The van der Waals surface area contributed by atoms with Gasteiger partial charge >= 0.3 is 0 Å². The maximum atomic E-state index is 13.7. The van der Waals surface area contributed by atoms with E-state index in [-0.39, 0.29) is 19.5 Å². The minimum absolute atomic E-state index is 0.00774. The highest BCUT2D eigenvalue weighted by Crippen LogP contribution is 2.14. The van der Waals surface area contributed by atoms with Gasteiger partial charge in [-0.15, -0.1) is 0 Å². The van der Waals surface area contributed by atoms with Crippen LogP contribution < -0.4 is 5.32 Å². The fourth-order valence-electron chi connectivity index (χ4n) is 2.20. The zero-order chi connectivity index (χ0) is 18.4. The van der Waals surface area contributed by atoms with Crippen molar-refractivity contribution in [1.29, 1.82) is 0 Å². The van der Waals surface area contributed by atoms with Gasteiger partial charge in [-0.1, -0.05) is 29.8 Å². The highest BCUT2D eigenvalue weighted by molar-refractivity contribution is 7.88. The van der Waals surface area contributed by atoms with Crippen molar-refractivity contribution in [1.82, 2.24) is 4.31 Å². The number of rotatable bonds is 7. The van der Waals surface area contributed by atoms with Crippen molar-refractivity contribution < 1.29 is 17.6 Å². The third-order valence-electron chi connectivity index (χ3n) is 3.51. The van der Waals surface area contributed by atoms with Crippen molar-refractivity contribution in [3.63, 3.8) is 0 Å². The first-order chi connectivity index (χ1) is 11.8. The summed E-state index contributed by atoms with van der Waals surface area (Å²) >= 11 is 5.77. The van der Waals surface area contributed by atoms with Crippen LogP contribution in [-0.4, -0.2) is 38.0 Å². The molecule has 0 heterocycles. The molecule has 0 saturated carbocycles. The van der Waals surface area contributed by atoms with Crippen LogP contribution >= 0.6 is 11.6 Å². The molecule has 0 fully saturated rings. The van der Waals surface area contributed by atoms with Crippen molar-refractivity contribution in [2.24, 2.45) is 0 Å². The van der Waals surface area contributed by atoms with Crippen LogP contribution in [0.3, 0.4) is 0 Å². The fraction of sp³-hybridized carbons (Fsp3) is 0.235. The van der Waals surface area contributed by atoms with Crippen LogP contribution in [0.4, 0.5) is 10.1 Å². The molecule has 5 nitrogen and oxygen atoms in total. The zero-order valence-corrected chi connectivity index (χ0v) is 15.1. The first-order valence-corrected chi connectivity index (χ1v) is 9.72. The Morgan fingerprint density at radius 2 is 1.80 bits per heavy atom. The number of sulfonamides is 1. The van der Waals surface area contributed by atoms with E-state index >= 15 is 0 Å². The second-order valence-corrected chi connectivity index (χ2v) is 7.91. The summed E-state index contributed by atoms with van der Waals surface area (Å²) in [5.74, 6) is -0.886. The topological polar surface area (TPSA) is 66.5 Å². The van der Waals surface area contributed by atoms with E-state index in [9.17, 15) is 17.6 Å². The van der Waals surface area contributed by atoms with Gasteiger partial charge in [0.05, 0.1) is 12.8 Å². The van der Waals surface area contributed by atoms with Crippen molar-refractivity contribution in [2.75, 3.05) is 24.7 Å². The van der Waals surface area contributed by atoms with E-state index in [2.05, 4.69) is 5.32 Å². The van der Waals surface area contributed by atoms with Gasteiger partial charge in [0.1, 0.15) is 5.82 Å². The van der Waals surface area contributed by atoms with Crippen LogP contribution in [0.15, 0.2) is 48.5 Å². The smallest absolute Gasteiger partial charge is 0.239 e. The largest absolute Gasteiger partial charge is 0.325 e. The van der Waals surface area contributed by atoms with E-state index in [0.29, 0.717) is 16.3 Å². The van der Waals surface area contributed by atoms with Gasteiger partial charge in [-0.2, -0.15) is 4.31 Å². The Kier molecular flexibility index (Phi) is 6.52. The van der Waals surface area contributed by atoms with Gasteiger partial charge in [0.15, 0.2) is 0 Å². The van der Waals surface area contributed by atoms with Crippen molar-refractivity contribution in [3.05, 3.63) is 64.9 Å². The number of carbonyl (C=O) groups excluding carboxylic acids is 1. The van der Waals surface area contributed by atoms with Crippen LogP contribution in [0, 0.1) is 5.82 Å². The molecule has 0 aromatic heterocycles. The van der Waals surface area contributed by atoms with Crippen LogP contribution in [0.25, 0.3) is 0 Å². The van der Waals surface area contributed by atoms with Gasteiger partial charge in [-0.25, -0.2) is 12.8 Å². The molecule has 0 aliphatic heterocycles. The predicted molar refractivity (Wildman–Crippen MR) is 96.6 cm³/mol. The number of carbonyl (C=O) groups is 1. The van der Waals surface area contributed by atoms with Crippen molar-refractivity contribution in [2.45, 2.75) is 6.42 Å². The minimum Gasteiger partial charge on any atom is -0.325 e. The average Bonchev–Trinajstić information content (AvgIpc) is 2.54. The molecular formula is C17H18ClFN2O3S. The van der Waals surface area contributed by atoms with Crippen LogP contribution in [0.2, 0.25) is 5.02 Å². The molecule has 0 aliphatic carbocycles. The summed E-state index contributed by atoms with van der Waals surface area (Å²) in [7, 11) is -3.61. The lowest BCUT2D eigenvalue weighted by atomic mass is 10.1. The number of anilines is 1. The maximum absolute atomic E-state index is 13.7. The minimum atomic E-state index is -3.61.